The SMILES string of the molecule is CCCCCCCCCCCCCCCCOCC(COC(=O)[C@H](N)C(C)C)Cn1cnc2c(=O)[nH]c(N)nc21.Cl. The Labute approximate surface area is 252 Å². The lowest BCUT2D eigenvalue weighted by molar-refractivity contribution is -0.148. The third-order valence-electron chi connectivity index (χ3n) is 7.40. The number of nitrogen functional groups attached to an aromatic ring is 1. The summed E-state index contributed by atoms with van der Waals surface area (Å²) in [4.78, 5) is 35.3. The van der Waals surface area contributed by atoms with Crippen LogP contribution in [0, 0.1) is 11.8 Å². The first-order valence-corrected chi connectivity index (χ1v) is 15.5. The first-order valence-electron chi connectivity index (χ1n) is 15.5. The van der Waals surface area contributed by atoms with Crippen LogP contribution in [0.3, 0.4) is 0 Å². The highest BCUT2D eigenvalue weighted by atomic mass is 35.5. The number of nitrogens with one attached hydrogen (secondary N) is 1. The summed E-state index contributed by atoms with van der Waals surface area (Å²) < 4.78 is 13.3. The van der Waals surface area contributed by atoms with Crippen molar-refractivity contribution >= 4 is 35.5 Å². The van der Waals surface area contributed by atoms with Gasteiger partial charge in [-0.05, 0) is 12.3 Å². The number of hydrogen-bond donors (Lipinski definition) is 3. The molecule has 0 spiro atoms. The van der Waals surface area contributed by atoms with E-state index in [1.165, 1.54) is 77.0 Å². The van der Waals surface area contributed by atoms with Gasteiger partial charge in [0.05, 0.1) is 19.5 Å². The number of nitrogens with zero attached hydrogens (tertiary/aromatic N) is 3. The lowest BCUT2D eigenvalue weighted by Gasteiger charge is -2.20. The molecule has 0 amide bonds. The molecule has 10 nitrogen and oxygen atoms in total. The molecule has 1 unspecified atom stereocenters. The minimum atomic E-state index is -0.675. The van der Waals surface area contributed by atoms with Gasteiger partial charge >= 0.3 is 5.97 Å². The molecule has 0 aromatic carbocycles. The number of aromatic amines is 1. The minimum Gasteiger partial charge on any atom is -0.464 e. The second-order valence-corrected chi connectivity index (χ2v) is 11.5. The number of esters is 1. The maximum atomic E-state index is 12.3. The fourth-order valence-corrected chi connectivity index (χ4v) is 4.75. The molecule has 236 valence electrons. The van der Waals surface area contributed by atoms with E-state index in [-0.39, 0.29) is 47.9 Å². The summed E-state index contributed by atoms with van der Waals surface area (Å²) in [5, 5.41) is 0. The van der Waals surface area contributed by atoms with Gasteiger partial charge in [-0.3, -0.25) is 14.6 Å². The van der Waals surface area contributed by atoms with Crippen LogP contribution < -0.4 is 17.0 Å². The second-order valence-electron chi connectivity index (χ2n) is 11.5. The molecule has 11 heteroatoms. The number of fused-ring (bicyclic) bond motifs is 1. The quantitative estimate of drug-likeness (QED) is 0.108. The van der Waals surface area contributed by atoms with Gasteiger partial charge in [-0.1, -0.05) is 104 Å². The number of aromatic nitrogens is 4. The van der Waals surface area contributed by atoms with Crippen molar-refractivity contribution in [1.29, 1.82) is 0 Å². The van der Waals surface area contributed by atoms with Crippen molar-refractivity contribution in [2.45, 2.75) is 123 Å². The number of carbonyl (C=O) groups is 1. The van der Waals surface area contributed by atoms with Gasteiger partial charge in [0.15, 0.2) is 11.2 Å². The third kappa shape index (κ3) is 14.5. The Bertz CT molecular complexity index is 1030. The van der Waals surface area contributed by atoms with E-state index in [9.17, 15) is 9.59 Å². The van der Waals surface area contributed by atoms with E-state index < -0.39 is 12.0 Å². The Morgan fingerprint density at radius 2 is 1.51 bits per heavy atom. The van der Waals surface area contributed by atoms with Crippen LogP contribution in [0.1, 0.15) is 111 Å². The first kappa shape index (κ1) is 36.9. The second kappa shape index (κ2) is 21.5. The van der Waals surface area contributed by atoms with E-state index in [0.717, 1.165) is 12.8 Å². The van der Waals surface area contributed by atoms with Crippen molar-refractivity contribution in [3.05, 3.63) is 16.7 Å². The maximum absolute atomic E-state index is 12.3. The zero-order chi connectivity index (χ0) is 29.2. The van der Waals surface area contributed by atoms with Gasteiger partial charge in [-0.2, -0.15) is 4.98 Å². The molecule has 2 rings (SSSR count). The summed E-state index contributed by atoms with van der Waals surface area (Å²) in [5.74, 6) is -0.575. The Morgan fingerprint density at radius 3 is 2.07 bits per heavy atom. The average molecular weight is 599 g/mol. The number of nitrogens with two attached hydrogens (primary N) is 2. The molecule has 0 saturated heterocycles. The van der Waals surface area contributed by atoms with E-state index in [1.807, 2.05) is 13.8 Å². The highest BCUT2D eigenvalue weighted by Crippen LogP contribution is 2.14. The van der Waals surface area contributed by atoms with Crippen LogP contribution in [-0.4, -0.2) is 51.4 Å². The van der Waals surface area contributed by atoms with E-state index in [2.05, 4.69) is 21.9 Å². The van der Waals surface area contributed by atoms with Crippen molar-refractivity contribution in [2.24, 2.45) is 17.6 Å². The molecule has 41 heavy (non-hydrogen) atoms. The predicted octanol–water partition coefficient (Wildman–Crippen LogP) is 5.76. The van der Waals surface area contributed by atoms with E-state index in [0.29, 0.717) is 25.4 Å². The summed E-state index contributed by atoms with van der Waals surface area (Å²) >= 11 is 0. The topological polar surface area (TPSA) is 151 Å². The van der Waals surface area contributed by atoms with Crippen molar-refractivity contribution in [2.75, 3.05) is 25.6 Å². The Hall–Kier alpha value is -2.17. The summed E-state index contributed by atoms with van der Waals surface area (Å²) in [6.45, 7) is 7.65. The van der Waals surface area contributed by atoms with E-state index >= 15 is 0 Å². The van der Waals surface area contributed by atoms with Crippen LogP contribution in [0.2, 0.25) is 0 Å². The zero-order valence-electron chi connectivity index (χ0n) is 25.6. The Morgan fingerprint density at radius 1 is 0.951 bits per heavy atom. The lowest BCUT2D eigenvalue weighted by atomic mass is 10.0. The van der Waals surface area contributed by atoms with Crippen LogP contribution in [0.5, 0.6) is 0 Å². The smallest absolute Gasteiger partial charge is 0.323 e. The molecule has 0 aliphatic heterocycles. The van der Waals surface area contributed by atoms with Crippen molar-refractivity contribution in [1.82, 2.24) is 19.5 Å². The van der Waals surface area contributed by atoms with E-state index in [4.69, 9.17) is 20.9 Å². The number of hydrogen-bond acceptors (Lipinski definition) is 8. The molecule has 0 fully saturated rings. The van der Waals surface area contributed by atoms with Crippen molar-refractivity contribution in [3.8, 4) is 0 Å². The van der Waals surface area contributed by atoms with Gasteiger partial charge in [-0.25, -0.2) is 4.98 Å². The van der Waals surface area contributed by atoms with Crippen LogP contribution in [-0.2, 0) is 20.8 Å². The molecule has 5 N–H and O–H groups in total. The summed E-state index contributed by atoms with van der Waals surface area (Å²) in [6.07, 6.45) is 20.0. The molecule has 2 aromatic rings. The standard InChI is InChI=1S/C30H54N6O4.ClH/c1-4-5-6-7-8-9-10-11-12-13-14-15-16-17-18-39-20-24(21-40-29(38)25(31)23(2)3)19-36-22-33-26-27(36)34-30(32)35-28(26)37;/h22-25H,4-21,31H2,1-3H3,(H3,32,34,35,37);1H/t24?,25-;/m1./s1. The molecular formula is C30H55ClN6O4. The molecular weight excluding hydrogens is 544 g/mol. The molecule has 0 bridgehead atoms. The summed E-state index contributed by atoms with van der Waals surface area (Å²) in [5.41, 5.74) is 11.9. The van der Waals surface area contributed by atoms with Crippen molar-refractivity contribution < 1.29 is 14.3 Å². The highest BCUT2D eigenvalue weighted by Gasteiger charge is 2.22. The number of H-pyrrole nitrogens is 1. The lowest BCUT2D eigenvalue weighted by Crippen LogP contribution is -2.38. The fraction of sp³-hybridized carbons (Fsp3) is 0.800. The summed E-state index contributed by atoms with van der Waals surface area (Å²) in [6, 6.07) is -0.675. The zero-order valence-corrected chi connectivity index (χ0v) is 26.4. The number of anilines is 1. The van der Waals surface area contributed by atoms with Crippen LogP contribution in [0.4, 0.5) is 5.95 Å². The van der Waals surface area contributed by atoms with Gasteiger partial charge in [0, 0.05) is 19.1 Å². The normalized spacial score (nSPS) is 12.9. The van der Waals surface area contributed by atoms with Crippen LogP contribution in [0.15, 0.2) is 11.1 Å². The Kier molecular flexibility index (Phi) is 19.3. The predicted molar refractivity (Wildman–Crippen MR) is 168 cm³/mol. The number of imidazole rings is 1. The van der Waals surface area contributed by atoms with E-state index in [1.54, 1.807) is 10.9 Å². The molecule has 2 atom stereocenters. The molecule has 0 saturated carbocycles. The number of unbranched alkanes of at least 4 members (excludes halogenated alkanes) is 13. The monoisotopic (exact) mass is 598 g/mol. The van der Waals surface area contributed by atoms with Gasteiger partial charge in [0.1, 0.15) is 6.04 Å². The maximum Gasteiger partial charge on any atom is 0.323 e. The summed E-state index contributed by atoms with van der Waals surface area (Å²) in [7, 11) is 0. The van der Waals surface area contributed by atoms with Crippen LogP contribution >= 0.6 is 12.4 Å². The highest BCUT2D eigenvalue weighted by molar-refractivity contribution is 5.85. The number of rotatable bonds is 23. The molecule has 0 aliphatic rings. The van der Waals surface area contributed by atoms with Crippen molar-refractivity contribution in [3.63, 3.8) is 0 Å². The number of halogens is 1. The van der Waals surface area contributed by atoms with Gasteiger partial charge < -0.3 is 25.5 Å². The molecule has 2 aromatic heterocycles. The van der Waals surface area contributed by atoms with Gasteiger partial charge in [-0.15, -0.1) is 12.4 Å². The van der Waals surface area contributed by atoms with Crippen LogP contribution in [0.25, 0.3) is 11.2 Å². The third-order valence-corrected chi connectivity index (χ3v) is 7.40. The fourth-order valence-electron chi connectivity index (χ4n) is 4.75. The molecule has 0 radical (unpaired) electrons. The first-order chi connectivity index (χ1) is 19.3. The van der Waals surface area contributed by atoms with Gasteiger partial charge in [0.2, 0.25) is 5.95 Å². The van der Waals surface area contributed by atoms with Gasteiger partial charge in [0.25, 0.3) is 5.56 Å². The number of carbonyl (C=O) groups excluding carboxylic acids is 1. The molecule has 0 aliphatic carbocycles. The minimum absolute atomic E-state index is 0. The average Bonchev–Trinajstić information content (AvgIpc) is 3.33. The number of ether oxygens (including phenoxy) is 2. The largest absolute Gasteiger partial charge is 0.464 e. The Balaban J connectivity index is 0.00000840. The molecule has 2 heterocycles.